The Morgan fingerprint density at radius 1 is 0.821 bits per heavy atom. The summed E-state index contributed by atoms with van der Waals surface area (Å²) >= 11 is 3.52. The molecule has 0 N–H and O–H groups in total. The molecule has 4 heteroatoms. The molecule has 140 valence electrons. The molecule has 6 fully saturated rings. The van der Waals surface area contributed by atoms with Gasteiger partial charge in [-0.2, -0.15) is 0 Å². The predicted octanol–water partition coefficient (Wildman–Crippen LogP) is 4.59. The first-order valence-electron chi connectivity index (χ1n) is 10.3. The molecular weight excluding hydrogens is 384 g/mol. The summed E-state index contributed by atoms with van der Waals surface area (Å²) in [5.74, 6) is 3.82. The third kappa shape index (κ3) is 1.94. The largest absolute Gasteiger partial charge is 0.298 e. The van der Waals surface area contributed by atoms with Crippen LogP contribution in [0.5, 0.6) is 0 Å². The van der Waals surface area contributed by atoms with Gasteiger partial charge in [0.15, 0.2) is 5.78 Å². The molecule has 0 heterocycles. The molecule has 6 saturated carbocycles. The van der Waals surface area contributed by atoms with Gasteiger partial charge >= 0.3 is 0 Å². The fraction of sp³-hybridized carbons (Fsp3) is 0.417. The standard InChI is InChI=1S/C24H20O2S2/c25-21-15-11-14(15)19(22(21)27-12-7-3-1-4-8-12)24(28-13-9-5-2-6-10-13)20-16-17(20)18(16)23(24)26/h1-10,14-20,22H,11H2/t14-,15+,16?,17?,18?,19+,20?,22-,24-/m1/s1. The molecular formula is C24H20O2S2. The summed E-state index contributed by atoms with van der Waals surface area (Å²) in [5.41, 5.74) is 0. The molecule has 2 nitrogen and oxygen atoms in total. The topological polar surface area (TPSA) is 34.1 Å². The molecule has 7 atom stereocenters. The number of hydrogen-bond donors (Lipinski definition) is 0. The molecule has 2 aromatic rings. The highest BCUT2D eigenvalue weighted by Gasteiger charge is 2.92. The van der Waals surface area contributed by atoms with Crippen LogP contribution in [-0.2, 0) is 9.59 Å². The van der Waals surface area contributed by atoms with Crippen molar-refractivity contribution in [1.29, 1.82) is 0 Å². The number of carbonyl (C=O) groups is 2. The summed E-state index contributed by atoms with van der Waals surface area (Å²) in [5, 5.41) is -0.0648. The summed E-state index contributed by atoms with van der Waals surface area (Å²) in [6, 6.07) is 20.7. The van der Waals surface area contributed by atoms with E-state index in [1.54, 1.807) is 23.5 Å². The Hall–Kier alpha value is -1.52. The van der Waals surface area contributed by atoms with E-state index in [1.165, 1.54) is 4.90 Å². The first-order valence-corrected chi connectivity index (χ1v) is 12.0. The van der Waals surface area contributed by atoms with Gasteiger partial charge in [-0.15, -0.1) is 23.5 Å². The van der Waals surface area contributed by atoms with Gasteiger partial charge in [-0.25, -0.2) is 0 Å². The van der Waals surface area contributed by atoms with Crippen molar-refractivity contribution in [2.24, 2.45) is 41.4 Å². The Bertz CT molecular complexity index is 996. The molecule has 6 aliphatic carbocycles. The van der Waals surface area contributed by atoms with Crippen LogP contribution in [0, 0.1) is 41.4 Å². The molecule has 0 aliphatic heterocycles. The quantitative estimate of drug-likeness (QED) is 0.730. The summed E-state index contributed by atoms with van der Waals surface area (Å²) in [4.78, 5) is 29.1. The van der Waals surface area contributed by atoms with Crippen LogP contribution in [0.15, 0.2) is 70.5 Å². The lowest BCUT2D eigenvalue weighted by atomic mass is 9.83. The lowest BCUT2D eigenvalue weighted by molar-refractivity contribution is -0.121. The van der Waals surface area contributed by atoms with Gasteiger partial charge in [-0.3, -0.25) is 9.59 Å². The van der Waals surface area contributed by atoms with Crippen molar-refractivity contribution < 1.29 is 9.59 Å². The maximum atomic E-state index is 13.6. The van der Waals surface area contributed by atoms with E-state index >= 15 is 0 Å². The number of thioether (sulfide) groups is 2. The minimum absolute atomic E-state index is 0.0648. The van der Waals surface area contributed by atoms with Crippen LogP contribution >= 0.6 is 23.5 Å². The van der Waals surface area contributed by atoms with Crippen molar-refractivity contribution >= 4 is 35.1 Å². The summed E-state index contributed by atoms with van der Waals surface area (Å²) in [7, 11) is 0. The fourth-order valence-corrected chi connectivity index (χ4v) is 9.86. The average Bonchev–Trinajstić information content (AvgIpc) is 3.63. The highest BCUT2D eigenvalue weighted by Crippen LogP contribution is 2.88. The van der Waals surface area contributed by atoms with E-state index in [9.17, 15) is 9.59 Å². The minimum atomic E-state index is -0.362. The Balaban J connectivity index is 1.31. The van der Waals surface area contributed by atoms with Gasteiger partial charge in [0.25, 0.3) is 0 Å². The molecule has 2 unspecified atom stereocenters. The van der Waals surface area contributed by atoms with E-state index < -0.39 is 0 Å². The second-order valence-corrected chi connectivity index (χ2v) is 11.6. The highest BCUT2D eigenvalue weighted by molar-refractivity contribution is 8.02. The van der Waals surface area contributed by atoms with Crippen LogP contribution in [0.2, 0.25) is 0 Å². The molecule has 8 rings (SSSR count). The van der Waals surface area contributed by atoms with Crippen molar-refractivity contribution in [2.45, 2.75) is 26.2 Å². The van der Waals surface area contributed by atoms with Gasteiger partial charge < -0.3 is 0 Å². The van der Waals surface area contributed by atoms with Crippen molar-refractivity contribution in [3.8, 4) is 0 Å². The Morgan fingerprint density at radius 2 is 1.46 bits per heavy atom. The second kappa shape index (κ2) is 5.34. The number of Topliss-reactive ketones (excluding diaryl/α,β-unsaturated/α-hetero) is 2. The average molecular weight is 405 g/mol. The lowest BCUT2D eigenvalue weighted by Crippen LogP contribution is -2.46. The maximum absolute atomic E-state index is 13.6. The van der Waals surface area contributed by atoms with Crippen molar-refractivity contribution in [1.82, 2.24) is 0 Å². The number of rotatable bonds is 5. The number of ketones is 2. The van der Waals surface area contributed by atoms with Crippen LogP contribution in [0.4, 0.5) is 0 Å². The zero-order valence-corrected chi connectivity index (χ0v) is 16.9. The highest BCUT2D eigenvalue weighted by atomic mass is 32.2. The Morgan fingerprint density at radius 3 is 2.07 bits per heavy atom. The predicted molar refractivity (Wildman–Crippen MR) is 110 cm³/mol. The van der Waals surface area contributed by atoms with Crippen LogP contribution < -0.4 is 0 Å². The van der Waals surface area contributed by atoms with Gasteiger partial charge in [-0.05, 0) is 54.4 Å². The van der Waals surface area contributed by atoms with Gasteiger partial charge in [-0.1, -0.05) is 36.4 Å². The first kappa shape index (κ1) is 16.3. The second-order valence-electron chi connectivity index (χ2n) is 9.06. The summed E-state index contributed by atoms with van der Waals surface area (Å²) in [6.07, 6.45) is 1.01. The first-order chi connectivity index (χ1) is 13.7. The van der Waals surface area contributed by atoms with E-state index in [0.29, 0.717) is 41.2 Å². The summed E-state index contributed by atoms with van der Waals surface area (Å²) < 4.78 is -0.362. The lowest BCUT2D eigenvalue weighted by Gasteiger charge is -2.38. The molecule has 0 radical (unpaired) electrons. The minimum Gasteiger partial charge on any atom is -0.298 e. The van der Waals surface area contributed by atoms with Crippen LogP contribution in [0.3, 0.4) is 0 Å². The van der Waals surface area contributed by atoms with Crippen molar-refractivity contribution in [2.75, 3.05) is 0 Å². The molecule has 0 amide bonds. The van der Waals surface area contributed by atoms with E-state index in [2.05, 4.69) is 36.4 Å². The number of carbonyl (C=O) groups excluding carboxylic acids is 2. The summed E-state index contributed by atoms with van der Waals surface area (Å²) in [6.45, 7) is 0. The van der Waals surface area contributed by atoms with E-state index in [-0.39, 0.29) is 21.8 Å². The smallest absolute Gasteiger partial charge is 0.153 e. The number of hydrogen-bond acceptors (Lipinski definition) is 4. The van der Waals surface area contributed by atoms with Crippen LogP contribution in [0.1, 0.15) is 6.42 Å². The van der Waals surface area contributed by atoms with Gasteiger partial charge in [0, 0.05) is 27.5 Å². The van der Waals surface area contributed by atoms with Crippen molar-refractivity contribution in [3.63, 3.8) is 0 Å². The van der Waals surface area contributed by atoms with Crippen LogP contribution in [0.25, 0.3) is 0 Å². The van der Waals surface area contributed by atoms with E-state index in [1.807, 2.05) is 24.3 Å². The van der Waals surface area contributed by atoms with E-state index in [0.717, 1.165) is 11.3 Å². The van der Waals surface area contributed by atoms with Crippen LogP contribution in [-0.4, -0.2) is 21.6 Å². The third-order valence-corrected chi connectivity index (χ3v) is 10.7. The monoisotopic (exact) mass is 404 g/mol. The molecule has 28 heavy (non-hydrogen) atoms. The van der Waals surface area contributed by atoms with Gasteiger partial charge in [0.05, 0.1) is 10.00 Å². The number of benzene rings is 2. The molecule has 0 aromatic heterocycles. The SMILES string of the molecule is O=C1[C@H]2C[C@H]2[C@H]([C@]2(Sc3ccccc3)C(=O)C3C4C3C42)[C@H]1Sc1ccccc1. The zero-order chi connectivity index (χ0) is 18.6. The number of fused-ring (bicyclic) bond motifs is 2. The molecule has 2 bridgehead atoms. The third-order valence-electron chi connectivity index (χ3n) is 7.81. The normalized spacial score (nSPS) is 46.3. The fourth-order valence-electron chi connectivity index (χ4n) is 6.49. The maximum Gasteiger partial charge on any atom is 0.153 e. The Labute approximate surface area is 172 Å². The molecule has 6 aliphatic rings. The van der Waals surface area contributed by atoms with E-state index in [4.69, 9.17) is 0 Å². The van der Waals surface area contributed by atoms with Gasteiger partial charge in [0.2, 0.25) is 0 Å². The zero-order valence-electron chi connectivity index (χ0n) is 15.2. The van der Waals surface area contributed by atoms with Crippen molar-refractivity contribution in [3.05, 3.63) is 60.7 Å². The molecule has 2 aromatic carbocycles. The Kier molecular flexibility index (Phi) is 3.11. The molecule has 0 saturated heterocycles. The van der Waals surface area contributed by atoms with Gasteiger partial charge in [0.1, 0.15) is 5.78 Å². The molecule has 0 spiro atoms.